The molecule has 2 N–H and O–H groups in total. The molecule has 0 saturated heterocycles. The predicted molar refractivity (Wildman–Crippen MR) is 57.8 cm³/mol. The first-order valence-electron chi connectivity index (χ1n) is 4.83. The number of hydrogen-bond acceptors (Lipinski definition) is 4. The molecule has 2 rings (SSSR count). The lowest BCUT2D eigenvalue weighted by Crippen LogP contribution is -2.15. The van der Waals surface area contributed by atoms with Crippen molar-refractivity contribution in [2.75, 3.05) is 5.32 Å². The third-order valence-electron chi connectivity index (χ3n) is 2.14. The highest BCUT2D eigenvalue weighted by molar-refractivity contribution is 6.06. The van der Waals surface area contributed by atoms with Crippen molar-refractivity contribution in [1.29, 1.82) is 0 Å². The van der Waals surface area contributed by atoms with Crippen LogP contribution in [0.15, 0.2) is 35.0 Å². The lowest BCUT2D eigenvalue weighted by Gasteiger charge is -2.07. The molecule has 0 spiro atoms. The minimum atomic E-state index is -1.35. The van der Waals surface area contributed by atoms with Gasteiger partial charge in [0.1, 0.15) is 5.82 Å². The van der Waals surface area contributed by atoms with Crippen molar-refractivity contribution in [2.45, 2.75) is 0 Å². The Hall–Kier alpha value is -2.70. The highest BCUT2D eigenvalue weighted by atomic mass is 19.1. The Labute approximate surface area is 100 Å². The van der Waals surface area contributed by atoms with Crippen LogP contribution in [0, 0.1) is 5.82 Å². The molecule has 18 heavy (non-hydrogen) atoms. The molecule has 0 fully saturated rings. The first-order chi connectivity index (χ1) is 8.59. The summed E-state index contributed by atoms with van der Waals surface area (Å²) >= 11 is 0. The number of nitrogens with zero attached hydrogens (tertiary/aromatic N) is 1. The fourth-order valence-corrected chi connectivity index (χ4v) is 1.34. The second-order valence-corrected chi connectivity index (χ2v) is 3.30. The van der Waals surface area contributed by atoms with Crippen LogP contribution in [0.3, 0.4) is 0 Å². The van der Waals surface area contributed by atoms with Crippen LogP contribution in [0.2, 0.25) is 0 Å². The molecule has 7 heteroatoms. The number of aromatic carboxylic acids is 1. The number of hydrogen-bond donors (Lipinski definition) is 2. The van der Waals surface area contributed by atoms with Crippen molar-refractivity contribution in [1.82, 2.24) is 5.16 Å². The molecule has 0 aliphatic rings. The smallest absolute Gasteiger partial charge is 0.337 e. The summed E-state index contributed by atoms with van der Waals surface area (Å²) in [5, 5.41) is 14.3. The summed E-state index contributed by atoms with van der Waals surface area (Å²) in [6.45, 7) is 0. The van der Waals surface area contributed by atoms with Crippen LogP contribution in [0.1, 0.15) is 20.9 Å². The first-order valence-corrected chi connectivity index (χ1v) is 4.83. The lowest BCUT2D eigenvalue weighted by molar-refractivity contribution is 0.0697. The summed E-state index contributed by atoms with van der Waals surface area (Å²) in [5.41, 5.74) is -0.755. The summed E-state index contributed by atoms with van der Waals surface area (Å²) in [7, 11) is 0. The largest absolute Gasteiger partial charge is 0.478 e. The molecule has 92 valence electrons. The summed E-state index contributed by atoms with van der Waals surface area (Å²) in [4.78, 5) is 22.5. The van der Waals surface area contributed by atoms with E-state index < -0.39 is 23.4 Å². The van der Waals surface area contributed by atoms with Gasteiger partial charge in [-0.25, -0.2) is 9.18 Å². The quantitative estimate of drug-likeness (QED) is 0.865. The molecule has 2 aromatic rings. The van der Waals surface area contributed by atoms with Crippen molar-refractivity contribution in [3.8, 4) is 0 Å². The van der Waals surface area contributed by atoms with E-state index in [4.69, 9.17) is 5.11 Å². The van der Waals surface area contributed by atoms with E-state index in [9.17, 15) is 14.0 Å². The van der Waals surface area contributed by atoms with Gasteiger partial charge in [0.25, 0.3) is 5.91 Å². The minimum absolute atomic E-state index is 0.144. The van der Waals surface area contributed by atoms with E-state index in [1.807, 2.05) is 0 Å². The highest BCUT2D eigenvalue weighted by Gasteiger charge is 2.18. The molecular formula is C11H7FN2O4. The third-order valence-corrected chi connectivity index (χ3v) is 2.14. The molecule has 0 unspecified atom stereocenters. The number of amides is 1. The second kappa shape index (κ2) is 4.66. The van der Waals surface area contributed by atoms with Crippen molar-refractivity contribution in [2.24, 2.45) is 0 Å². The summed E-state index contributed by atoms with van der Waals surface area (Å²) < 4.78 is 18.1. The molecule has 0 atom stereocenters. The third kappa shape index (κ3) is 2.19. The minimum Gasteiger partial charge on any atom is -0.478 e. The maximum atomic E-state index is 13.5. The topological polar surface area (TPSA) is 92.4 Å². The number of carbonyl (C=O) groups is 2. The van der Waals surface area contributed by atoms with Gasteiger partial charge in [-0.05, 0) is 12.1 Å². The number of halogens is 1. The Bertz CT molecular complexity index is 595. The Kier molecular flexibility index (Phi) is 3.05. The van der Waals surface area contributed by atoms with Crippen molar-refractivity contribution in [3.05, 3.63) is 47.6 Å². The number of aromatic nitrogens is 1. The van der Waals surface area contributed by atoms with E-state index in [2.05, 4.69) is 15.0 Å². The van der Waals surface area contributed by atoms with Crippen LogP contribution < -0.4 is 5.32 Å². The van der Waals surface area contributed by atoms with E-state index >= 15 is 0 Å². The number of carboxylic acid groups (broad SMARTS) is 1. The number of nitrogens with one attached hydrogen (secondary N) is 1. The number of benzene rings is 1. The number of rotatable bonds is 3. The summed E-state index contributed by atoms with van der Waals surface area (Å²) in [6, 6.07) is 4.74. The van der Waals surface area contributed by atoms with Crippen molar-refractivity contribution in [3.63, 3.8) is 0 Å². The Morgan fingerprint density at radius 3 is 2.72 bits per heavy atom. The lowest BCUT2D eigenvalue weighted by atomic mass is 10.1. The molecule has 1 aromatic carbocycles. The van der Waals surface area contributed by atoms with Gasteiger partial charge in [-0.1, -0.05) is 11.2 Å². The standard InChI is InChI=1S/C11H7FN2O4/c12-7-3-1-2-6(11(16)17)9(7)14-10(15)8-4-5-13-18-8/h1-5H,(H,14,15)(H,16,17). The van der Waals surface area contributed by atoms with Crippen LogP contribution in [-0.2, 0) is 0 Å². The first kappa shape index (κ1) is 11.8. The van der Waals surface area contributed by atoms with E-state index in [1.165, 1.54) is 24.4 Å². The van der Waals surface area contributed by atoms with Gasteiger partial charge in [0.2, 0.25) is 5.76 Å². The average molecular weight is 250 g/mol. The second-order valence-electron chi connectivity index (χ2n) is 3.30. The van der Waals surface area contributed by atoms with E-state index in [0.717, 1.165) is 6.07 Å². The number of carbonyl (C=O) groups excluding carboxylic acids is 1. The fourth-order valence-electron chi connectivity index (χ4n) is 1.34. The van der Waals surface area contributed by atoms with Gasteiger partial charge < -0.3 is 14.9 Å². The van der Waals surface area contributed by atoms with Gasteiger partial charge in [0.15, 0.2) is 0 Å². The normalized spacial score (nSPS) is 10.1. The predicted octanol–water partition coefficient (Wildman–Crippen LogP) is 1.76. The van der Waals surface area contributed by atoms with Gasteiger partial charge >= 0.3 is 5.97 Å². The van der Waals surface area contributed by atoms with Gasteiger partial charge in [-0.3, -0.25) is 4.79 Å². The molecule has 0 radical (unpaired) electrons. The number of carboxylic acids is 1. The molecule has 1 heterocycles. The molecule has 0 aliphatic heterocycles. The van der Waals surface area contributed by atoms with E-state index in [-0.39, 0.29) is 11.3 Å². The van der Waals surface area contributed by atoms with Crippen LogP contribution in [0.25, 0.3) is 0 Å². The van der Waals surface area contributed by atoms with E-state index in [0.29, 0.717) is 0 Å². The highest BCUT2D eigenvalue weighted by Crippen LogP contribution is 2.20. The SMILES string of the molecule is O=C(Nc1c(F)cccc1C(=O)O)c1ccno1. The molecule has 1 aromatic heterocycles. The monoisotopic (exact) mass is 250 g/mol. The Balaban J connectivity index is 2.34. The summed E-state index contributed by atoms with van der Waals surface area (Å²) in [5.74, 6) is -3.11. The zero-order chi connectivity index (χ0) is 13.1. The fraction of sp³-hybridized carbons (Fsp3) is 0. The van der Waals surface area contributed by atoms with Crippen molar-refractivity contribution >= 4 is 17.6 Å². The number of para-hydroxylation sites is 1. The summed E-state index contributed by atoms with van der Waals surface area (Å²) in [6.07, 6.45) is 1.24. The van der Waals surface area contributed by atoms with Gasteiger partial charge in [-0.2, -0.15) is 0 Å². The van der Waals surface area contributed by atoms with Gasteiger partial charge in [-0.15, -0.1) is 0 Å². The zero-order valence-corrected chi connectivity index (χ0v) is 8.88. The molecule has 0 aliphatic carbocycles. The average Bonchev–Trinajstić information content (AvgIpc) is 2.85. The van der Waals surface area contributed by atoms with Crippen LogP contribution in [0.4, 0.5) is 10.1 Å². The molecule has 6 nitrogen and oxygen atoms in total. The van der Waals surface area contributed by atoms with Crippen LogP contribution >= 0.6 is 0 Å². The number of anilines is 1. The maximum absolute atomic E-state index is 13.5. The van der Waals surface area contributed by atoms with Gasteiger partial charge in [0.05, 0.1) is 17.4 Å². The Morgan fingerprint density at radius 2 is 2.11 bits per heavy atom. The molecular weight excluding hydrogens is 243 g/mol. The van der Waals surface area contributed by atoms with Crippen LogP contribution in [-0.4, -0.2) is 22.1 Å². The maximum Gasteiger partial charge on any atom is 0.337 e. The van der Waals surface area contributed by atoms with Crippen LogP contribution in [0.5, 0.6) is 0 Å². The Morgan fingerprint density at radius 1 is 1.33 bits per heavy atom. The van der Waals surface area contributed by atoms with E-state index in [1.54, 1.807) is 0 Å². The van der Waals surface area contributed by atoms with Gasteiger partial charge in [0, 0.05) is 6.07 Å². The zero-order valence-electron chi connectivity index (χ0n) is 8.88. The molecule has 0 saturated carbocycles. The molecule has 0 bridgehead atoms. The van der Waals surface area contributed by atoms with Crippen molar-refractivity contribution < 1.29 is 23.6 Å². The molecule has 1 amide bonds.